The number of nitrogens with zero attached hydrogens (tertiary/aromatic N) is 2. The molecule has 0 radical (unpaired) electrons. The maximum Gasteiger partial charge on any atom is 0.312 e. The summed E-state index contributed by atoms with van der Waals surface area (Å²) in [6, 6.07) is 13.9. The number of hydrogen-bond acceptors (Lipinski definition) is 3. The first-order chi connectivity index (χ1) is 14.5. The van der Waals surface area contributed by atoms with Crippen LogP contribution >= 0.6 is 11.6 Å². The van der Waals surface area contributed by atoms with Gasteiger partial charge in [-0.15, -0.1) is 0 Å². The maximum atomic E-state index is 12.7. The number of carbonyl (C=O) groups excluding carboxylic acids is 2. The molecule has 1 aliphatic heterocycles. The molecule has 2 aliphatic rings. The molecule has 2 aromatic rings. The first-order valence-corrected chi connectivity index (χ1v) is 11.1. The number of anilines is 1. The molecule has 158 valence electrons. The summed E-state index contributed by atoms with van der Waals surface area (Å²) in [5.74, 6) is -0.984. The second-order valence-corrected chi connectivity index (χ2v) is 8.63. The molecule has 1 N–H and O–H groups in total. The molecule has 6 heteroatoms. The van der Waals surface area contributed by atoms with Crippen LogP contribution in [0.15, 0.2) is 42.5 Å². The number of nitrogens with one attached hydrogen (secondary N) is 1. The highest BCUT2D eigenvalue weighted by atomic mass is 35.5. The normalized spacial score (nSPS) is 17.3. The fourth-order valence-corrected chi connectivity index (χ4v) is 4.53. The average molecular weight is 426 g/mol. The molecule has 1 heterocycles. The zero-order valence-electron chi connectivity index (χ0n) is 17.4. The predicted molar refractivity (Wildman–Crippen MR) is 120 cm³/mol. The molecule has 1 atom stereocenters. The summed E-state index contributed by atoms with van der Waals surface area (Å²) in [7, 11) is 0. The van der Waals surface area contributed by atoms with Crippen molar-refractivity contribution in [3.63, 3.8) is 0 Å². The lowest BCUT2D eigenvalue weighted by Crippen LogP contribution is -2.52. The van der Waals surface area contributed by atoms with Gasteiger partial charge in [-0.3, -0.25) is 9.59 Å². The third-order valence-electron chi connectivity index (χ3n) is 6.15. The number of rotatable bonds is 3. The Morgan fingerprint density at radius 3 is 2.43 bits per heavy atom. The van der Waals surface area contributed by atoms with Crippen molar-refractivity contribution in [2.24, 2.45) is 0 Å². The predicted octanol–water partition coefficient (Wildman–Crippen LogP) is 3.74. The number of piperazine rings is 1. The summed E-state index contributed by atoms with van der Waals surface area (Å²) < 4.78 is 0. The second kappa shape index (κ2) is 9.09. The molecule has 2 aromatic carbocycles. The van der Waals surface area contributed by atoms with Crippen LogP contribution in [0.1, 0.15) is 42.5 Å². The fraction of sp³-hybridized carbons (Fsp3) is 0.417. The van der Waals surface area contributed by atoms with Gasteiger partial charge < -0.3 is 15.1 Å². The molecule has 5 nitrogen and oxygen atoms in total. The molecule has 4 rings (SSSR count). The van der Waals surface area contributed by atoms with E-state index in [9.17, 15) is 9.59 Å². The largest absolute Gasteiger partial charge is 0.368 e. The van der Waals surface area contributed by atoms with Gasteiger partial charge in [0.05, 0.1) is 6.04 Å². The molecule has 0 aromatic heterocycles. The second-order valence-electron chi connectivity index (χ2n) is 8.19. The van der Waals surface area contributed by atoms with Gasteiger partial charge in [0.2, 0.25) is 0 Å². The Hall–Kier alpha value is -2.53. The molecule has 30 heavy (non-hydrogen) atoms. The van der Waals surface area contributed by atoms with E-state index in [4.69, 9.17) is 11.6 Å². The monoisotopic (exact) mass is 425 g/mol. The number of benzene rings is 2. The fourth-order valence-electron chi connectivity index (χ4n) is 4.35. The van der Waals surface area contributed by atoms with E-state index in [2.05, 4.69) is 28.4 Å². The van der Waals surface area contributed by atoms with Crippen LogP contribution in [0.4, 0.5) is 5.69 Å². The molecule has 0 saturated carbocycles. The van der Waals surface area contributed by atoms with E-state index in [1.165, 1.54) is 24.0 Å². The molecule has 2 amide bonds. The van der Waals surface area contributed by atoms with Gasteiger partial charge in [0, 0.05) is 36.9 Å². The Bertz CT molecular complexity index is 938. The Balaban J connectivity index is 1.32. The van der Waals surface area contributed by atoms with Crippen molar-refractivity contribution in [2.75, 3.05) is 31.1 Å². The van der Waals surface area contributed by atoms with Crippen LogP contribution in [0.5, 0.6) is 0 Å². The number of carbonyl (C=O) groups is 2. The van der Waals surface area contributed by atoms with Gasteiger partial charge in [0.25, 0.3) is 0 Å². The van der Waals surface area contributed by atoms with Crippen molar-refractivity contribution >= 4 is 29.1 Å². The van der Waals surface area contributed by atoms with E-state index >= 15 is 0 Å². The quantitative estimate of drug-likeness (QED) is 0.762. The minimum atomic E-state index is -0.531. The van der Waals surface area contributed by atoms with E-state index in [1.807, 2.05) is 31.2 Å². The van der Waals surface area contributed by atoms with Gasteiger partial charge in [0.1, 0.15) is 0 Å². The first-order valence-electron chi connectivity index (χ1n) is 10.7. The van der Waals surface area contributed by atoms with Crippen molar-refractivity contribution in [3.05, 3.63) is 64.2 Å². The SMILES string of the molecule is CC(NC(=O)C(=O)N1CCN(c2cccc(Cl)c2)CC1)c1ccc2c(c1)CCCC2. The number of hydrogen-bond donors (Lipinski definition) is 1. The summed E-state index contributed by atoms with van der Waals surface area (Å²) in [6.45, 7) is 4.34. The maximum absolute atomic E-state index is 12.7. The third-order valence-corrected chi connectivity index (χ3v) is 6.39. The van der Waals surface area contributed by atoms with E-state index in [0.717, 1.165) is 24.1 Å². The van der Waals surface area contributed by atoms with Crippen molar-refractivity contribution in [1.29, 1.82) is 0 Å². The Kier molecular flexibility index (Phi) is 6.28. The van der Waals surface area contributed by atoms with Crippen molar-refractivity contribution < 1.29 is 9.59 Å². The molecule has 1 saturated heterocycles. The topological polar surface area (TPSA) is 52.7 Å². The van der Waals surface area contributed by atoms with E-state index in [0.29, 0.717) is 31.2 Å². The van der Waals surface area contributed by atoms with Gasteiger partial charge in [-0.25, -0.2) is 0 Å². The molecular formula is C24H28ClN3O2. The first kappa shape index (κ1) is 20.7. The Labute approximate surface area is 183 Å². The van der Waals surface area contributed by atoms with Gasteiger partial charge in [-0.05, 0) is 67.5 Å². The van der Waals surface area contributed by atoms with Gasteiger partial charge >= 0.3 is 11.8 Å². The standard InChI is InChI=1S/C24H28ClN3O2/c1-17(19-10-9-18-5-2-3-6-20(18)15-19)26-23(29)24(30)28-13-11-27(12-14-28)22-8-4-7-21(25)16-22/h4,7-10,15-17H,2-3,5-6,11-14H2,1H3,(H,26,29). The molecule has 1 aliphatic carbocycles. The van der Waals surface area contributed by atoms with Gasteiger partial charge in [0.15, 0.2) is 0 Å². The lowest BCUT2D eigenvalue weighted by atomic mass is 9.89. The summed E-state index contributed by atoms with van der Waals surface area (Å²) in [6.07, 6.45) is 4.70. The summed E-state index contributed by atoms with van der Waals surface area (Å²) in [5, 5.41) is 3.59. The minimum absolute atomic E-state index is 0.193. The van der Waals surface area contributed by atoms with E-state index < -0.39 is 11.8 Å². The number of amides is 2. The Morgan fingerprint density at radius 2 is 1.70 bits per heavy atom. The zero-order chi connectivity index (χ0) is 21.1. The van der Waals surface area contributed by atoms with Crippen molar-refractivity contribution in [2.45, 2.75) is 38.6 Å². The van der Waals surface area contributed by atoms with E-state index in [1.54, 1.807) is 4.90 Å². The van der Waals surface area contributed by atoms with Crippen molar-refractivity contribution in [3.8, 4) is 0 Å². The molecule has 1 fully saturated rings. The van der Waals surface area contributed by atoms with Crippen LogP contribution in [0, 0.1) is 0 Å². The lowest BCUT2D eigenvalue weighted by Gasteiger charge is -2.36. The van der Waals surface area contributed by atoms with Crippen LogP contribution in [0.25, 0.3) is 0 Å². The highest BCUT2D eigenvalue weighted by molar-refractivity contribution is 6.35. The van der Waals surface area contributed by atoms with Crippen LogP contribution in [-0.2, 0) is 22.4 Å². The summed E-state index contributed by atoms with van der Waals surface area (Å²) >= 11 is 6.08. The highest BCUT2D eigenvalue weighted by Gasteiger charge is 2.27. The summed E-state index contributed by atoms with van der Waals surface area (Å²) in [4.78, 5) is 29.1. The zero-order valence-corrected chi connectivity index (χ0v) is 18.1. The molecular weight excluding hydrogens is 398 g/mol. The minimum Gasteiger partial charge on any atom is -0.368 e. The molecule has 0 bridgehead atoms. The van der Waals surface area contributed by atoms with Crippen LogP contribution in [0.2, 0.25) is 5.02 Å². The van der Waals surface area contributed by atoms with Crippen LogP contribution < -0.4 is 10.2 Å². The van der Waals surface area contributed by atoms with E-state index in [-0.39, 0.29) is 6.04 Å². The molecule has 0 spiro atoms. The smallest absolute Gasteiger partial charge is 0.312 e. The highest BCUT2D eigenvalue weighted by Crippen LogP contribution is 2.25. The van der Waals surface area contributed by atoms with Crippen LogP contribution in [0.3, 0.4) is 0 Å². The Morgan fingerprint density at radius 1 is 0.967 bits per heavy atom. The van der Waals surface area contributed by atoms with Crippen molar-refractivity contribution in [1.82, 2.24) is 10.2 Å². The van der Waals surface area contributed by atoms with Crippen LogP contribution in [-0.4, -0.2) is 42.9 Å². The van der Waals surface area contributed by atoms with Gasteiger partial charge in [-0.1, -0.05) is 35.9 Å². The lowest BCUT2D eigenvalue weighted by molar-refractivity contribution is -0.146. The number of fused-ring (bicyclic) bond motifs is 1. The van der Waals surface area contributed by atoms with Gasteiger partial charge in [-0.2, -0.15) is 0 Å². The number of aryl methyl sites for hydroxylation is 2. The number of halogens is 1. The summed E-state index contributed by atoms with van der Waals surface area (Å²) in [5.41, 5.74) is 4.89. The molecule has 1 unspecified atom stereocenters. The average Bonchev–Trinajstić information content (AvgIpc) is 2.78. The third kappa shape index (κ3) is 4.62.